The van der Waals surface area contributed by atoms with Gasteiger partial charge in [-0.3, -0.25) is 0 Å². The van der Waals surface area contributed by atoms with Crippen LogP contribution in [0.1, 0.15) is 19.9 Å². The van der Waals surface area contributed by atoms with Crippen LogP contribution in [-0.4, -0.2) is 12.6 Å². The highest BCUT2D eigenvalue weighted by molar-refractivity contribution is 5.97. The average molecular weight is 217 g/mol. The second-order valence-electron chi connectivity index (χ2n) is 2.80. The van der Waals surface area contributed by atoms with E-state index in [0.29, 0.717) is 0 Å². The lowest BCUT2D eigenvalue weighted by atomic mass is 10.1. The van der Waals surface area contributed by atoms with Crippen molar-refractivity contribution in [3.63, 3.8) is 0 Å². The smallest absolute Gasteiger partial charge is 0.348 e. The van der Waals surface area contributed by atoms with E-state index in [1.807, 2.05) is 36.4 Å². The Labute approximate surface area is 96.0 Å². The first kappa shape index (κ1) is 13.9. The third-order valence-electron chi connectivity index (χ3n) is 1.73. The van der Waals surface area contributed by atoms with Crippen LogP contribution in [0.4, 0.5) is 0 Å². The van der Waals surface area contributed by atoms with Crippen LogP contribution >= 0.6 is 0 Å². The summed E-state index contributed by atoms with van der Waals surface area (Å²) < 4.78 is 4.74. The van der Waals surface area contributed by atoms with E-state index in [9.17, 15) is 4.79 Å². The lowest BCUT2D eigenvalue weighted by Crippen LogP contribution is -2.05. The Morgan fingerprint density at radius 3 is 2.56 bits per heavy atom. The summed E-state index contributed by atoms with van der Waals surface area (Å²) in [6, 6.07) is 11.0. The Hall–Kier alpha value is -2.08. The monoisotopic (exact) mass is 217 g/mol. The van der Waals surface area contributed by atoms with Gasteiger partial charge in [0.05, 0.1) is 6.61 Å². The Balaban J connectivity index is 0.00000225. The molecule has 1 rings (SSSR count). The number of benzene rings is 1. The Morgan fingerprint density at radius 2 is 2.06 bits per heavy atom. The highest BCUT2D eigenvalue weighted by Gasteiger charge is 2.08. The zero-order valence-electron chi connectivity index (χ0n) is 8.43. The van der Waals surface area contributed by atoms with Crippen LogP contribution in [0.2, 0.25) is 0 Å². The minimum atomic E-state index is -0.580. The molecular formula is C13H15NO2. The van der Waals surface area contributed by atoms with Crippen LogP contribution in [0, 0.1) is 11.3 Å². The molecule has 0 aliphatic heterocycles. The maximum absolute atomic E-state index is 11.3. The van der Waals surface area contributed by atoms with Crippen LogP contribution in [-0.2, 0) is 9.53 Å². The van der Waals surface area contributed by atoms with E-state index in [0.717, 1.165) is 5.56 Å². The molecule has 0 atom stereocenters. The molecule has 0 bridgehead atoms. The Bertz CT molecular complexity index is 402. The highest BCUT2D eigenvalue weighted by atomic mass is 16.5. The molecule has 16 heavy (non-hydrogen) atoms. The van der Waals surface area contributed by atoms with Gasteiger partial charge >= 0.3 is 5.97 Å². The number of carbonyl (C=O) groups excluding carboxylic acids is 1. The van der Waals surface area contributed by atoms with Gasteiger partial charge in [0, 0.05) is 0 Å². The molecule has 0 amide bonds. The minimum Gasteiger partial charge on any atom is -0.462 e. The van der Waals surface area contributed by atoms with Gasteiger partial charge in [0.2, 0.25) is 0 Å². The van der Waals surface area contributed by atoms with Crippen molar-refractivity contribution in [1.82, 2.24) is 0 Å². The first-order valence-electron chi connectivity index (χ1n) is 4.62. The van der Waals surface area contributed by atoms with E-state index in [4.69, 9.17) is 10.00 Å². The highest BCUT2D eigenvalue weighted by Crippen LogP contribution is 2.07. The van der Waals surface area contributed by atoms with E-state index in [-0.39, 0.29) is 19.6 Å². The number of rotatable bonds is 3. The average Bonchev–Trinajstić information content (AvgIpc) is 2.27. The summed E-state index contributed by atoms with van der Waals surface area (Å²) in [5.74, 6) is -0.580. The summed E-state index contributed by atoms with van der Waals surface area (Å²) in [6.45, 7) is 1.97. The maximum atomic E-state index is 11.3. The fraction of sp³-hybridized carbons (Fsp3) is 0.231. The molecule has 3 nitrogen and oxygen atoms in total. The van der Waals surface area contributed by atoms with Crippen molar-refractivity contribution >= 4 is 12.0 Å². The van der Waals surface area contributed by atoms with Gasteiger partial charge in [0.25, 0.3) is 0 Å². The van der Waals surface area contributed by atoms with Crippen LogP contribution in [0.25, 0.3) is 6.08 Å². The molecule has 0 spiro atoms. The van der Waals surface area contributed by atoms with Crippen molar-refractivity contribution in [3.05, 3.63) is 41.5 Å². The molecular weight excluding hydrogens is 202 g/mol. The van der Waals surface area contributed by atoms with Gasteiger partial charge in [0.1, 0.15) is 11.6 Å². The number of esters is 1. The maximum Gasteiger partial charge on any atom is 0.348 e. The van der Waals surface area contributed by atoms with Gasteiger partial charge in [-0.15, -0.1) is 0 Å². The molecule has 0 unspecified atom stereocenters. The van der Waals surface area contributed by atoms with E-state index in [1.165, 1.54) is 6.08 Å². The van der Waals surface area contributed by atoms with Crippen molar-refractivity contribution in [1.29, 1.82) is 5.26 Å². The zero-order chi connectivity index (χ0) is 11.1. The molecule has 84 valence electrons. The number of nitriles is 1. The van der Waals surface area contributed by atoms with E-state index in [2.05, 4.69) is 0 Å². The number of hydrogen-bond donors (Lipinski definition) is 0. The minimum absolute atomic E-state index is 0. The summed E-state index contributed by atoms with van der Waals surface area (Å²) >= 11 is 0. The molecule has 0 heterocycles. The third-order valence-corrected chi connectivity index (χ3v) is 1.73. The first-order chi connectivity index (χ1) is 7.27. The SMILES string of the molecule is C.CCOC(=O)/C(C#N)=C/c1ccccc1. The van der Waals surface area contributed by atoms with Gasteiger partial charge < -0.3 is 4.74 Å². The van der Waals surface area contributed by atoms with Crippen LogP contribution in [0.5, 0.6) is 0 Å². The molecule has 3 heteroatoms. The summed E-state index contributed by atoms with van der Waals surface area (Å²) in [5.41, 5.74) is 0.824. The van der Waals surface area contributed by atoms with E-state index in [1.54, 1.807) is 6.92 Å². The molecule has 0 fully saturated rings. The van der Waals surface area contributed by atoms with Crippen molar-refractivity contribution < 1.29 is 9.53 Å². The lowest BCUT2D eigenvalue weighted by Gasteiger charge is -1.99. The Kier molecular flexibility index (Phi) is 6.30. The summed E-state index contributed by atoms with van der Waals surface area (Å²) in [6.07, 6.45) is 1.51. The number of ether oxygens (including phenoxy) is 1. The van der Waals surface area contributed by atoms with Gasteiger partial charge in [-0.05, 0) is 18.6 Å². The predicted molar refractivity (Wildman–Crippen MR) is 63.4 cm³/mol. The van der Waals surface area contributed by atoms with Crippen LogP contribution in [0.3, 0.4) is 0 Å². The van der Waals surface area contributed by atoms with Crippen LogP contribution < -0.4 is 0 Å². The molecule has 0 saturated heterocycles. The van der Waals surface area contributed by atoms with Gasteiger partial charge in [0.15, 0.2) is 0 Å². The third kappa shape index (κ3) is 3.97. The molecule has 0 saturated carbocycles. The van der Waals surface area contributed by atoms with Crippen molar-refractivity contribution in [2.75, 3.05) is 6.61 Å². The second kappa shape index (κ2) is 7.24. The van der Waals surface area contributed by atoms with Crippen molar-refractivity contribution in [3.8, 4) is 6.07 Å². The number of hydrogen-bond acceptors (Lipinski definition) is 3. The van der Waals surface area contributed by atoms with Crippen LogP contribution in [0.15, 0.2) is 35.9 Å². The molecule has 0 radical (unpaired) electrons. The lowest BCUT2D eigenvalue weighted by molar-refractivity contribution is -0.137. The number of nitrogens with zero attached hydrogens (tertiary/aromatic N) is 1. The molecule has 1 aromatic rings. The topological polar surface area (TPSA) is 50.1 Å². The molecule has 0 aliphatic rings. The van der Waals surface area contributed by atoms with Crippen molar-refractivity contribution in [2.45, 2.75) is 14.4 Å². The summed E-state index contributed by atoms with van der Waals surface area (Å²) in [4.78, 5) is 11.3. The molecule has 1 aromatic carbocycles. The number of carbonyl (C=O) groups is 1. The largest absolute Gasteiger partial charge is 0.462 e. The fourth-order valence-electron chi connectivity index (χ4n) is 1.06. The standard InChI is InChI=1S/C12H11NO2.CH4/c1-2-15-12(14)11(9-13)8-10-6-4-3-5-7-10;/h3-8H,2H2,1H3;1H4/b11-8+;. The van der Waals surface area contributed by atoms with Gasteiger partial charge in [-0.2, -0.15) is 5.26 Å². The second-order valence-corrected chi connectivity index (χ2v) is 2.80. The first-order valence-corrected chi connectivity index (χ1v) is 4.62. The van der Waals surface area contributed by atoms with E-state index >= 15 is 0 Å². The summed E-state index contributed by atoms with van der Waals surface area (Å²) in [7, 11) is 0. The molecule has 0 aromatic heterocycles. The van der Waals surface area contributed by atoms with Gasteiger partial charge in [-0.25, -0.2) is 4.79 Å². The van der Waals surface area contributed by atoms with Gasteiger partial charge in [-0.1, -0.05) is 37.8 Å². The Morgan fingerprint density at radius 1 is 1.44 bits per heavy atom. The zero-order valence-corrected chi connectivity index (χ0v) is 8.43. The fourth-order valence-corrected chi connectivity index (χ4v) is 1.06. The predicted octanol–water partition coefficient (Wildman–Crippen LogP) is 2.79. The molecule has 0 aliphatic carbocycles. The quantitative estimate of drug-likeness (QED) is 0.444. The van der Waals surface area contributed by atoms with Crippen molar-refractivity contribution in [2.24, 2.45) is 0 Å². The normalized spacial score (nSPS) is 9.88. The summed E-state index contributed by atoms with van der Waals surface area (Å²) in [5, 5.41) is 8.77. The molecule has 0 N–H and O–H groups in total. The van der Waals surface area contributed by atoms with E-state index < -0.39 is 5.97 Å².